The SMILES string of the molecule is CCCCCS(=O)CC(N)CC. The third-order valence-electron chi connectivity index (χ3n) is 1.90. The second-order valence-electron chi connectivity index (χ2n) is 3.19. The van der Waals surface area contributed by atoms with Crippen molar-refractivity contribution in [3.63, 3.8) is 0 Å². The van der Waals surface area contributed by atoms with Gasteiger partial charge in [0.2, 0.25) is 0 Å². The Morgan fingerprint density at radius 1 is 1.33 bits per heavy atom. The molecule has 0 spiro atoms. The van der Waals surface area contributed by atoms with E-state index in [2.05, 4.69) is 6.92 Å². The van der Waals surface area contributed by atoms with E-state index in [4.69, 9.17) is 5.73 Å². The molecular weight excluding hydrogens is 170 g/mol. The lowest BCUT2D eigenvalue weighted by molar-refractivity contribution is 0.658. The second kappa shape index (κ2) is 7.74. The van der Waals surface area contributed by atoms with Crippen LogP contribution in [0.25, 0.3) is 0 Å². The van der Waals surface area contributed by atoms with Gasteiger partial charge in [0, 0.05) is 28.3 Å². The lowest BCUT2D eigenvalue weighted by Gasteiger charge is -2.07. The zero-order valence-corrected chi connectivity index (χ0v) is 9.03. The Morgan fingerprint density at radius 3 is 2.50 bits per heavy atom. The van der Waals surface area contributed by atoms with Gasteiger partial charge >= 0.3 is 0 Å². The summed E-state index contributed by atoms with van der Waals surface area (Å²) in [4.78, 5) is 0. The summed E-state index contributed by atoms with van der Waals surface area (Å²) in [5, 5.41) is 0. The molecule has 2 N–H and O–H groups in total. The van der Waals surface area contributed by atoms with E-state index in [1.165, 1.54) is 12.8 Å². The highest BCUT2D eigenvalue weighted by Gasteiger charge is 2.04. The number of hydrogen-bond donors (Lipinski definition) is 1. The smallest absolute Gasteiger partial charge is 0.0386 e. The molecule has 0 aliphatic heterocycles. The summed E-state index contributed by atoms with van der Waals surface area (Å²) in [7, 11) is -0.676. The van der Waals surface area contributed by atoms with Crippen molar-refractivity contribution in [3.05, 3.63) is 0 Å². The number of rotatable bonds is 7. The monoisotopic (exact) mass is 191 g/mol. The van der Waals surface area contributed by atoms with Gasteiger partial charge in [-0.2, -0.15) is 0 Å². The van der Waals surface area contributed by atoms with Crippen LogP contribution in [-0.4, -0.2) is 21.8 Å². The lowest BCUT2D eigenvalue weighted by atomic mass is 10.3. The van der Waals surface area contributed by atoms with E-state index in [9.17, 15) is 4.21 Å². The van der Waals surface area contributed by atoms with Crippen molar-refractivity contribution in [2.45, 2.75) is 45.6 Å². The van der Waals surface area contributed by atoms with Gasteiger partial charge in [0.15, 0.2) is 0 Å². The summed E-state index contributed by atoms with van der Waals surface area (Å²) < 4.78 is 11.3. The van der Waals surface area contributed by atoms with E-state index >= 15 is 0 Å². The molecule has 0 amide bonds. The Labute approximate surface area is 78.4 Å². The zero-order valence-electron chi connectivity index (χ0n) is 8.21. The third kappa shape index (κ3) is 6.80. The Hall–Kier alpha value is 0.110. The van der Waals surface area contributed by atoms with Crippen LogP contribution in [0.15, 0.2) is 0 Å². The molecule has 0 saturated carbocycles. The Kier molecular flexibility index (Phi) is 7.81. The highest BCUT2D eigenvalue weighted by Crippen LogP contribution is 1.98. The summed E-state index contributed by atoms with van der Waals surface area (Å²) in [5.74, 6) is 1.52. The Bertz CT molecular complexity index is 128. The van der Waals surface area contributed by atoms with Gasteiger partial charge in [0.1, 0.15) is 0 Å². The second-order valence-corrected chi connectivity index (χ2v) is 4.81. The fraction of sp³-hybridized carbons (Fsp3) is 1.00. The first-order valence-corrected chi connectivity index (χ1v) is 6.30. The highest BCUT2D eigenvalue weighted by molar-refractivity contribution is 7.85. The maximum atomic E-state index is 11.3. The van der Waals surface area contributed by atoms with Gasteiger partial charge in [0.05, 0.1) is 0 Å². The van der Waals surface area contributed by atoms with Crippen LogP contribution in [-0.2, 0) is 10.8 Å². The highest BCUT2D eigenvalue weighted by atomic mass is 32.2. The summed E-state index contributed by atoms with van der Waals surface area (Å²) in [6.07, 6.45) is 4.39. The van der Waals surface area contributed by atoms with Crippen LogP contribution in [0.4, 0.5) is 0 Å². The van der Waals surface area contributed by atoms with E-state index in [1.807, 2.05) is 6.92 Å². The van der Waals surface area contributed by atoms with Crippen LogP contribution in [0.2, 0.25) is 0 Å². The molecule has 2 unspecified atom stereocenters. The standard InChI is InChI=1S/C9H21NOS/c1-3-5-6-7-12(11)8-9(10)4-2/h9H,3-8,10H2,1-2H3. The molecule has 0 aromatic rings. The molecular formula is C9H21NOS. The van der Waals surface area contributed by atoms with E-state index in [0.29, 0.717) is 5.75 Å². The van der Waals surface area contributed by atoms with Crippen molar-refractivity contribution < 1.29 is 4.21 Å². The first kappa shape index (κ1) is 12.1. The first-order chi connectivity index (χ1) is 5.70. The normalized spacial score (nSPS) is 15.9. The first-order valence-electron chi connectivity index (χ1n) is 4.81. The van der Waals surface area contributed by atoms with Crippen molar-refractivity contribution in [1.82, 2.24) is 0 Å². The average Bonchev–Trinajstić information content (AvgIpc) is 2.05. The minimum atomic E-state index is -0.676. The predicted molar refractivity (Wildman–Crippen MR) is 55.7 cm³/mol. The average molecular weight is 191 g/mol. The maximum absolute atomic E-state index is 11.3. The quantitative estimate of drug-likeness (QED) is 0.622. The summed E-state index contributed by atoms with van der Waals surface area (Å²) in [6, 6.07) is 0.132. The molecule has 3 heteroatoms. The van der Waals surface area contributed by atoms with Gasteiger partial charge in [-0.25, -0.2) is 0 Å². The van der Waals surface area contributed by atoms with Crippen LogP contribution in [0, 0.1) is 0 Å². The molecule has 74 valence electrons. The van der Waals surface area contributed by atoms with E-state index < -0.39 is 10.8 Å². The largest absolute Gasteiger partial charge is 0.327 e. The molecule has 0 radical (unpaired) electrons. The number of nitrogens with two attached hydrogens (primary N) is 1. The lowest BCUT2D eigenvalue weighted by Crippen LogP contribution is -2.26. The van der Waals surface area contributed by atoms with Crippen molar-refractivity contribution in [3.8, 4) is 0 Å². The molecule has 0 aromatic carbocycles. The Morgan fingerprint density at radius 2 is 2.00 bits per heavy atom. The zero-order chi connectivity index (χ0) is 9.40. The van der Waals surface area contributed by atoms with E-state index in [1.54, 1.807) is 0 Å². The van der Waals surface area contributed by atoms with Gasteiger partial charge in [-0.15, -0.1) is 0 Å². The Balaban J connectivity index is 3.33. The molecule has 0 heterocycles. The van der Waals surface area contributed by atoms with Gasteiger partial charge in [0.25, 0.3) is 0 Å². The minimum Gasteiger partial charge on any atom is -0.327 e. The molecule has 2 atom stereocenters. The van der Waals surface area contributed by atoms with Crippen molar-refractivity contribution >= 4 is 10.8 Å². The molecule has 2 nitrogen and oxygen atoms in total. The van der Waals surface area contributed by atoms with Crippen molar-refractivity contribution in [2.24, 2.45) is 5.73 Å². The van der Waals surface area contributed by atoms with Gasteiger partial charge in [-0.05, 0) is 12.8 Å². The topological polar surface area (TPSA) is 43.1 Å². The van der Waals surface area contributed by atoms with Crippen molar-refractivity contribution in [2.75, 3.05) is 11.5 Å². The van der Waals surface area contributed by atoms with Crippen LogP contribution < -0.4 is 5.73 Å². The van der Waals surface area contributed by atoms with Gasteiger partial charge in [-0.1, -0.05) is 26.7 Å². The molecule has 0 fully saturated rings. The number of unbranched alkanes of at least 4 members (excludes halogenated alkanes) is 2. The maximum Gasteiger partial charge on any atom is 0.0386 e. The third-order valence-corrected chi connectivity index (χ3v) is 3.44. The van der Waals surface area contributed by atoms with E-state index in [0.717, 1.165) is 18.6 Å². The molecule has 0 aromatic heterocycles. The minimum absolute atomic E-state index is 0.132. The molecule has 0 aliphatic rings. The van der Waals surface area contributed by atoms with Crippen LogP contribution in [0.3, 0.4) is 0 Å². The summed E-state index contributed by atoms with van der Waals surface area (Å²) in [5.41, 5.74) is 5.69. The summed E-state index contributed by atoms with van der Waals surface area (Å²) >= 11 is 0. The predicted octanol–water partition coefficient (Wildman–Crippen LogP) is 1.66. The van der Waals surface area contributed by atoms with Crippen LogP contribution >= 0.6 is 0 Å². The molecule has 0 bridgehead atoms. The fourth-order valence-corrected chi connectivity index (χ4v) is 2.36. The van der Waals surface area contributed by atoms with Crippen LogP contribution in [0.5, 0.6) is 0 Å². The fourth-order valence-electron chi connectivity index (χ4n) is 0.953. The van der Waals surface area contributed by atoms with E-state index in [-0.39, 0.29) is 6.04 Å². The van der Waals surface area contributed by atoms with Gasteiger partial charge < -0.3 is 5.73 Å². The van der Waals surface area contributed by atoms with Crippen molar-refractivity contribution in [1.29, 1.82) is 0 Å². The molecule has 0 aliphatic carbocycles. The van der Waals surface area contributed by atoms with Crippen LogP contribution in [0.1, 0.15) is 39.5 Å². The number of hydrogen-bond acceptors (Lipinski definition) is 2. The van der Waals surface area contributed by atoms with Gasteiger partial charge in [-0.3, -0.25) is 4.21 Å². The molecule has 0 rings (SSSR count). The summed E-state index contributed by atoms with van der Waals surface area (Å²) in [6.45, 7) is 4.19. The molecule has 0 saturated heterocycles. The molecule has 12 heavy (non-hydrogen) atoms.